The fraction of sp³-hybridized carbons (Fsp3) is 0. The van der Waals surface area contributed by atoms with Crippen LogP contribution in [0.5, 0.6) is 0 Å². The Labute approximate surface area is 119 Å². The van der Waals surface area contributed by atoms with E-state index in [0.29, 0.717) is 0 Å². The second-order valence-electron chi connectivity index (χ2n) is 0.565. The quantitative estimate of drug-likeness (QED) is 0.339. The summed E-state index contributed by atoms with van der Waals surface area (Å²) >= 11 is 0. The second kappa shape index (κ2) is 22.4. The number of rotatable bonds is 0. The van der Waals surface area contributed by atoms with Gasteiger partial charge in [0.2, 0.25) is 0 Å². The fourth-order valence-corrected chi connectivity index (χ4v) is 0. The Balaban J connectivity index is -0.00000000600. The summed E-state index contributed by atoms with van der Waals surface area (Å²) in [5, 5.41) is 27.9. The van der Waals surface area contributed by atoms with Gasteiger partial charge in [-0.2, -0.15) is 0 Å². The summed E-state index contributed by atoms with van der Waals surface area (Å²) in [5.74, 6) is 0. The van der Waals surface area contributed by atoms with E-state index >= 15 is 0 Å². The summed E-state index contributed by atoms with van der Waals surface area (Å²) in [6.07, 6.45) is -3.67. The van der Waals surface area contributed by atoms with Gasteiger partial charge in [-0.15, -0.1) is 0 Å². The van der Waals surface area contributed by atoms with E-state index in [1.54, 1.807) is 0 Å². The van der Waals surface area contributed by atoms with Gasteiger partial charge in [0.05, 0.1) is 0 Å². The molecule has 0 aliphatic rings. The zero-order valence-electron chi connectivity index (χ0n) is 8.67. The van der Waals surface area contributed by atoms with Crippen molar-refractivity contribution in [1.29, 1.82) is 0 Å². The van der Waals surface area contributed by atoms with Gasteiger partial charge in [0, 0.05) is 17.1 Å². The summed E-state index contributed by atoms with van der Waals surface area (Å²) in [6, 6.07) is 0. The summed E-state index contributed by atoms with van der Waals surface area (Å²) in [4.78, 5) is 17.1. The minimum atomic E-state index is -1.83. The van der Waals surface area contributed by atoms with Crippen LogP contribution in [0.25, 0.3) is 0 Å². The molecule has 0 aromatic heterocycles. The average Bonchev–Trinajstić information content (AvgIpc) is 1.25. The molecule has 0 aromatic rings. The molecule has 0 radical (unpaired) electrons. The molecule has 0 amide bonds. The molecule has 11 heavy (non-hydrogen) atoms. The molecule has 0 unspecified atom stereocenters. The Kier molecular flexibility index (Phi) is 60.6. The van der Waals surface area contributed by atoms with Crippen LogP contribution >= 0.6 is 0 Å². The molecule has 4 N–H and O–H groups in total. The molecular weight excluding hydrogens is 223 g/mol. The molecule has 0 atom stereocenters. The normalized spacial score (nSPS) is 4.36. The summed E-state index contributed by atoms with van der Waals surface area (Å²) in [6.45, 7) is 0. The third kappa shape index (κ3) is 1030. The van der Waals surface area contributed by atoms with Crippen LogP contribution in [-0.4, -0.2) is 70.5 Å². The number of hydrogen-bond acceptors (Lipinski definition) is 2. The second-order valence-corrected chi connectivity index (χ2v) is 0.565. The van der Waals surface area contributed by atoms with Crippen molar-refractivity contribution in [2.75, 3.05) is 0 Å². The van der Waals surface area contributed by atoms with E-state index in [2.05, 4.69) is 0 Å². The topological polar surface area (TPSA) is 115 Å². The van der Waals surface area contributed by atoms with Gasteiger partial charge in [0.1, 0.15) is 0 Å². The molecule has 0 spiro atoms. The zero-order chi connectivity index (χ0) is 7.15. The van der Waals surface area contributed by atoms with Crippen LogP contribution in [0.4, 0.5) is 9.59 Å². The molecule has 0 saturated heterocycles. The molecule has 62 valence electrons. The van der Waals surface area contributed by atoms with Crippen molar-refractivity contribution in [1.82, 2.24) is 0 Å². The molecular formula is C2H7CaFeLiO6. The van der Waals surface area contributed by atoms with Crippen molar-refractivity contribution in [3.8, 4) is 0 Å². The smallest absolute Gasteiger partial charge is 1.00 e. The Bertz CT molecular complexity index is 89.1. The largest absolute Gasteiger partial charge is 2.00 e. The molecule has 0 aromatic carbocycles. The van der Waals surface area contributed by atoms with Crippen LogP contribution in [0.2, 0.25) is 0 Å². The predicted octanol–water partition coefficient (Wildman–Crippen LogP) is -2.60. The first-order chi connectivity index (χ1) is 3.46. The fourth-order valence-electron chi connectivity index (χ4n) is 0. The van der Waals surface area contributed by atoms with Gasteiger partial charge in [-0.05, 0) is 0 Å². The Morgan fingerprint density at radius 3 is 0.909 bits per heavy atom. The number of carboxylic acid groups (broad SMARTS) is 4. The van der Waals surface area contributed by atoms with E-state index in [1.807, 2.05) is 0 Å². The van der Waals surface area contributed by atoms with Crippen molar-refractivity contribution >= 4 is 50.0 Å². The van der Waals surface area contributed by atoms with Crippen molar-refractivity contribution in [2.24, 2.45) is 0 Å². The predicted molar refractivity (Wildman–Crippen MR) is 30.4 cm³/mol. The van der Waals surface area contributed by atoms with Gasteiger partial charge in [-0.3, -0.25) is 0 Å². The van der Waals surface area contributed by atoms with Crippen molar-refractivity contribution in [3.63, 3.8) is 0 Å². The maximum absolute atomic E-state index is 8.56. The van der Waals surface area contributed by atoms with Gasteiger partial charge in [-0.25, -0.2) is 9.59 Å². The van der Waals surface area contributed by atoms with Crippen LogP contribution in [-0.2, 0) is 17.1 Å². The molecule has 0 aliphatic carbocycles. The van der Waals surface area contributed by atoms with Gasteiger partial charge in [0.15, 0.2) is 0 Å². The Morgan fingerprint density at radius 1 is 0.909 bits per heavy atom. The van der Waals surface area contributed by atoms with Gasteiger partial charge < -0.3 is 24.7 Å². The maximum Gasteiger partial charge on any atom is 2.00 e. The first-order valence-electron chi connectivity index (χ1n) is 1.30. The number of carbonyl (C=O) groups is 2. The molecule has 0 rings (SSSR count). The Hall–Kier alpha value is 0.917. The first kappa shape index (κ1) is 29.7. The summed E-state index contributed by atoms with van der Waals surface area (Å²) in [7, 11) is 0. The van der Waals surface area contributed by atoms with Crippen LogP contribution in [0, 0.1) is 0 Å². The van der Waals surface area contributed by atoms with E-state index in [0.717, 1.165) is 0 Å². The first-order valence-corrected chi connectivity index (χ1v) is 1.30. The average molecular weight is 230 g/mol. The summed E-state index contributed by atoms with van der Waals surface area (Å²) < 4.78 is 0. The third-order valence-electron chi connectivity index (χ3n) is 0. The third-order valence-corrected chi connectivity index (χ3v) is 0. The molecule has 0 bridgehead atoms. The van der Waals surface area contributed by atoms with Gasteiger partial charge in [0.25, 0.3) is 0 Å². The van der Waals surface area contributed by atoms with Crippen molar-refractivity contribution in [3.05, 3.63) is 0 Å². The van der Waals surface area contributed by atoms with E-state index in [-0.39, 0.29) is 77.9 Å². The molecule has 9 heteroatoms. The minimum absolute atomic E-state index is 0. The monoisotopic (exact) mass is 230 g/mol. The molecule has 0 fully saturated rings. The Morgan fingerprint density at radius 2 is 0.909 bits per heavy atom. The molecule has 0 saturated carbocycles. The van der Waals surface area contributed by atoms with E-state index < -0.39 is 12.3 Å². The maximum atomic E-state index is 8.56. The zero-order valence-corrected chi connectivity index (χ0v) is 8.98. The van der Waals surface area contributed by atoms with Crippen LogP contribution < -0.4 is 18.9 Å². The SMILES string of the molecule is O=C(O)O.O=C(O)O.[Ca+2].[Fe].[H-].[H-].[H-].[Li+]. The van der Waals surface area contributed by atoms with Crippen molar-refractivity contribution in [2.45, 2.75) is 0 Å². The standard InChI is InChI=1S/2CH2O3.Ca.Fe.Li.3H/c2*2-1(3)4;;;;;;/h2*(H2,2,3,4);;;;;;/q;;+2;;+1;3*-1. The van der Waals surface area contributed by atoms with Gasteiger partial charge >= 0.3 is 68.9 Å². The van der Waals surface area contributed by atoms with Gasteiger partial charge in [-0.1, -0.05) is 0 Å². The van der Waals surface area contributed by atoms with Crippen LogP contribution in [0.15, 0.2) is 0 Å². The molecule has 0 heterocycles. The van der Waals surface area contributed by atoms with Crippen LogP contribution in [0.3, 0.4) is 0 Å². The van der Waals surface area contributed by atoms with E-state index in [4.69, 9.17) is 30.0 Å². The van der Waals surface area contributed by atoms with E-state index in [1.165, 1.54) is 0 Å². The minimum Gasteiger partial charge on any atom is -1.00 e. The molecule has 0 aliphatic heterocycles. The summed E-state index contributed by atoms with van der Waals surface area (Å²) in [5.41, 5.74) is 0. The number of hydrogen-bond donors (Lipinski definition) is 4. The van der Waals surface area contributed by atoms with E-state index in [9.17, 15) is 0 Å². The van der Waals surface area contributed by atoms with Crippen LogP contribution in [0.1, 0.15) is 4.28 Å². The van der Waals surface area contributed by atoms with Crippen molar-refractivity contribution < 1.29 is 70.2 Å². The molecule has 6 nitrogen and oxygen atoms in total.